The lowest BCUT2D eigenvalue weighted by molar-refractivity contribution is -0.192. The lowest BCUT2D eigenvalue weighted by Crippen LogP contribution is -2.27. The predicted octanol–water partition coefficient (Wildman–Crippen LogP) is 2.26. The molecule has 160 valence electrons. The zero-order valence-electron chi connectivity index (χ0n) is 16.6. The lowest BCUT2D eigenvalue weighted by atomic mass is 10.1. The number of hydrogen-bond donors (Lipinski definition) is 2. The molecule has 0 bridgehead atoms. The molecule has 8 nitrogen and oxygen atoms in total. The average Bonchev–Trinajstić information content (AvgIpc) is 2.90. The maximum Gasteiger partial charge on any atom is 0.490 e. The van der Waals surface area contributed by atoms with Crippen molar-refractivity contribution < 1.29 is 23.1 Å². The molecule has 0 saturated carbocycles. The molecule has 3 rings (SSSR count). The van der Waals surface area contributed by atoms with E-state index in [1.807, 2.05) is 19.4 Å². The van der Waals surface area contributed by atoms with Gasteiger partial charge < -0.3 is 15.0 Å². The molecule has 0 saturated heterocycles. The maximum atomic E-state index is 10.6. The summed E-state index contributed by atoms with van der Waals surface area (Å²) < 4.78 is 33.8. The van der Waals surface area contributed by atoms with E-state index in [4.69, 9.17) is 9.90 Å². The molecule has 1 aliphatic heterocycles. The number of hydrogen-bond acceptors (Lipinski definition) is 6. The molecule has 29 heavy (non-hydrogen) atoms. The van der Waals surface area contributed by atoms with Crippen LogP contribution in [-0.2, 0) is 31.2 Å². The van der Waals surface area contributed by atoms with E-state index in [1.165, 1.54) is 11.3 Å². The zero-order chi connectivity index (χ0) is 21.6. The molecule has 3 heterocycles. The summed E-state index contributed by atoms with van der Waals surface area (Å²) in [4.78, 5) is 24.7. The average molecular weight is 414 g/mol. The van der Waals surface area contributed by atoms with Crippen LogP contribution in [0.5, 0.6) is 0 Å². The molecule has 0 aliphatic carbocycles. The molecule has 0 unspecified atom stereocenters. The summed E-state index contributed by atoms with van der Waals surface area (Å²) in [5, 5.41) is 10.6. The second kappa shape index (κ2) is 9.68. The predicted molar refractivity (Wildman–Crippen MR) is 100 cm³/mol. The van der Waals surface area contributed by atoms with Gasteiger partial charge in [-0.3, -0.25) is 4.90 Å². The number of anilines is 1. The normalized spacial score (nSPS) is 14.6. The molecular weight excluding hydrogens is 389 g/mol. The van der Waals surface area contributed by atoms with Crippen molar-refractivity contribution >= 4 is 11.8 Å². The summed E-state index contributed by atoms with van der Waals surface area (Å²) in [5.74, 6) is -0.649. The maximum absolute atomic E-state index is 10.6. The number of rotatable bonds is 4. The van der Waals surface area contributed by atoms with Crippen molar-refractivity contribution in [1.82, 2.24) is 24.4 Å². The fourth-order valence-electron chi connectivity index (χ4n) is 2.88. The molecule has 0 amide bonds. The van der Waals surface area contributed by atoms with Gasteiger partial charge in [-0.1, -0.05) is 0 Å². The number of nitrogens with zero attached hydrogens (tertiary/aromatic N) is 5. The molecule has 11 heteroatoms. The number of carbonyl (C=O) groups is 1. The quantitative estimate of drug-likeness (QED) is 0.792. The number of aryl methyl sites for hydroxylation is 1. The van der Waals surface area contributed by atoms with Crippen LogP contribution < -0.4 is 5.32 Å². The molecule has 0 fully saturated rings. The first-order valence-electron chi connectivity index (χ1n) is 9.16. The summed E-state index contributed by atoms with van der Waals surface area (Å²) in [7, 11) is 2.05. The highest BCUT2D eigenvalue weighted by atomic mass is 19.4. The molecule has 0 atom stereocenters. The number of alkyl halides is 3. The highest BCUT2D eigenvalue weighted by Crippen LogP contribution is 2.21. The molecule has 2 aromatic rings. The first-order valence-corrected chi connectivity index (χ1v) is 9.16. The van der Waals surface area contributed by atoms with E-state index < -0.39 is 12.1 Å². The van der Waals surface area contributed by atoms with Gasteiger partial charge in [0.15, 0.2) is 0 Å². The third-order valence-corrected chi connectivity index (χ3v) is 4.33. The van der Waals surface area contributed by atoms with Crippen LogP contribution in [0.2, 0.25) is 0 Å². The summed E-state index contributed by atoms with van der Waals surface area (Å²) in [6, 6.07) is 0.380. The third-order valence-electron chi connectivity index (χ3n) is 4.33. The van der Waals surface area contributed by atoms with E-state index in [0.717, 1.165) is 44.1 Å². The standard InChI is InChI=1S/C16H24N6.C2HF3O2/c1-12(2)20-16-13-4-7-22(8-5-14(13)18-11-19-16)10-15-17-6-9-21(15)3;3-2(4,5)1(6)7/h6,9,11-12H,4-5,7-8,10H2,1-3H3,(H,18,19,20);(H,6,7). The van der Waals surface area contributed by atoms with Crippen LogP contribution in [0.25, 0.3) is 0 Å². The van der Waals surface area contributed by atoms with E-state index in [9.17, 15) is 13.2 Å². The van der Waals surface area contributed by atoms with Crippen LogP contribution in [-0.4, -0.2) is 60.8 Å². The van der Waals surface area contributed by atoms with E-state index in [2.05, 4.69) is 43.6 Å². The van der Waals surface area contributed by atoms with Crippen LogP contribution in [0.3, 0.4) is 0 Å². The van der Waals surface area contributed by atoms with E-state index >= 15 is 0 Å². The summed E-state index contributed by atoms with van der Waals surface area (Å²) >= 11 is 0. The van der Waals surface area contributed by atoms with Crippen LogP contribution >= 0.6 is 0 Å². The molecule has 1 aliphatic rings. The van der Waals surface area contributed by atoms with Crippen LogP contribution in [0.15, 0.2) is 18.7 Å². The number of imidazole rings is 1. The van der Waals surface area contributed by atoms with E-state index in [1.54, 1.807) is 6.33 Å². The Hall–Kier alpha value is -2.69. The summed E-state index contributed by atoms with van der Waals surface area (Å²) in [6.45, 7) is 7.19. The number of nitrogens with one attached hydrogen (secondary N) is 1. The van der Waals surface area contributed by atoms with Gasteiger partial charge in [-0.2, -0.15) is 13.2 Å². The van der Waals surface area contributed by atoms with Gasteiger partial charge in [-0.15, -0.1) is 0 Å². The fraction of sp³-hybridized carbons (Fsp3) is 0.556. The van der Waals surface area contributed by atoms with Gasteiger partial charge in [0.05, 0.1) is 12.2 Å². The van der Waals surface area contributed by atoms with Crippen LogP contribution in [0.1, 0.15) is 30.9 Å². The van der Waals surface area contributed by atoms with Crippen molar-refractivity contribution in [1.29, 1.82) is 0 Å². The molecule has 2 N–H and O–H groups in total. The van der Waals surface area contributed by atoms with Crippen LogP contribution in [0.4, 0.5) is 19.0 Å². The van der Waals surface area contributed by atoms with Crippen molar-refractivity contribution in [3.63, 3.8) is 0 Å². The smallest absolute Gasteiger partial charge is 0.475 e. The van der Waals surface area contributed by atoms with E-state index in [-0.39, 0.29) is 0 Å². The summed E-state index contributed by atoms with van der Waals surface area (Å²) in [5.41, 5.74) is 2.46. The minimum atomic E-state index is -5.08. The monoisotopic (exact) mass is 414 g/mol. The van der Waals surface area contributed by atoms with Gasteiger partial charge >= 0.3 is 12.1 Å². The van der Waals surface area contributed by atoms with Crippen molar-refractivity contribution in [3.8, 4) is 0 Å². The zero-order valence-corrected chi connectivity index (χ0v) is 16.6. The Kier molecular flexibility index (Phi) is 7.54. The minimum absolute atomic E-state index is 0.380. The van der Waals surface area contributed by atoms with Crippen molar-refractivity contribution in [2.24, 2.45) is 7.05 Å². The second-order valence-corrected chi connectivity index (χ2v) is 6.98. The Bertz CT molecular complexity index is 822. The minimum Gasteiger partial charge on any atom is -0.475 e. The number of carboxylic acid groups (broad SMARTS) is 1. The highest BCUT2D eigenvalue weighted by Gasteiger charge is 2.38. The second-order valence-electron chi connectivity index (χ2n) is 6.98. The molecule has 0 aromatic carbocycles. The number of carboxylic acids is 1. The Labute approximate surface area is 166 Å². The highest BCUT2D eigenvalue weighted by molar-refractivity contribution is 5.73. The number of fused-ring (bicyclic) bond motifs is 1. The number of aliphatic carboxylic acids is 1. The molecular formula is C18H25F3N6O2. The Morgan fingerprint density at radius 2 is 1.90 bits per heavy atom. The van der Waals surface area contributed by atoms with Gasteiger partial charge in [0.2, 0.25) is 0 Å². The van der Waals surface area contributed by atoms with Gasteiger partial charge in [-0.25, -0.2) is 19.7 Å². The molecule has 2 aromatic heterocycles. The Balaban J connectivity index is 0.000000370. The molecule has 0 radical (unpaired) electrons. The van der Waals surface area contributed by atoms with Crippen molar-refractivity contribution in [2.45, 2.75) is 45.5 Å². The van der Waals surface area contributed by atoms with Gasteiger partial charge in [0.1, 0.15) is 18.0 Å². The van der Waals surface area contributed by atoms with Gasteiger partial charge in [-0.05, 0) is 20.3 Å². The number of halogens is 3. The van der Waals surface area contributed by atoms with Crippen molar-refractivity contribution in [2.75, 3.05) is 18.4 Å². The first-order chi connectivity index (χ1) is 13.6. The third kappa shape index (κ3) is 6.70. The SMILES string of the molecule is CC(C)Nc1ncnc2c1CCN(Cc1nccn1C)CC2.O=C(O)C(F)(F)F. The van der Waals surface area contributed by atoms with Crippen LogP contribution in [0, 0.1) is 0 Å². The van der Waals surface area contributed by atoms with Crippen molar-refractivity contribution in [3.05, 3.63) is 35.8 Å². The fourth-order valence-corrected chi connectivity index (χ4v) is 2.88. The lowest BCUT2D eigenvalue weighted by Gasteiger charge is -2.19. The first kappa shape index (κ1) is 22.6. The van der Waals surface area contributed by atoms with E-state index in [0.29, 0.717) is 6.04 Å². The Morgan fingerprint density at radius 1 is 1.24 bits per heavy atom. The molecule has 0 spiro atoms. The van der Waals surface area contributed by atoms with Gasteiger partial charge in [0, 0.05) is 50.6 Å². The topological polar surface area (TPSA) is 96.2 Å². The van der Waals surface area contributed by atoms with Gasteiger partial charge in [0.25, 0.3) is 0 Å². The number of aromatic nitrogens is 4. The largest absolute Gasteiger partial charge is 0.490 e. The Morgan fingerprint density at radius 3 is 2.45 bits per heavy atom. The summed E-state index contributed by atoms with van der Waals surface area (Å²) in [6.07, 6.45) is 2.40.